The number of amides is 2. The van der Waals surface area contributed by atoms with E-state index in [1.54, 1.807) is 11.0 Å². The predicted molar refractivity (Wildman–Crippen MR) is 93.3 cm³/mol. The molecule has 0 fully saturated rings. The maximum absolute atomic E-state index is 12.5. The summed E-state index contributed by atoms with van der Waals surface area (Å²) >= 11 is 0. The van der Waals surface area contributed by atoms with Crippen molar-refractivity contribution in [1.82, 2.24) is 0 Å². The highest BCUT2D eigenvalue weighted by molar-refractivity contribution is 6.09. The van der Waals surface area contributed by atoms with Gasteiger partial charge in [0.25, 0.3) is 0 Å². The maximum atomic E-state index is 12.5. The molecule has 0 radical (unpaired) electrons. The minimum absolute atomic E-state index is 0.0641. The van der Waals surface area contributed by atoms with Gasteiger partial charge in [-0.1, -0.05) is 24.3 Å². The minimum atomic E-state index is -0.168. The zero-order chi connectivity index (χ0) is 16.9. The Morgan fingerprint density at radius 2 is 2.04 bits per heavy atom. The molecule has 2 aromatic carbocycles. The molecule has 24 heavy (non-hydrogen) atoms. The third-order valence-electron chi connectivity index (χ3n) is 3.86. The largest absolute Gasteiger partial charge is 0.494 e. The quantitative estimate of drug-likeness (QED) is 0.860. The molecule has 0 unspecified atom stereocenters. The Balaban J connectivity index is 1.55. The Bertz CT molecular complexity index is 758. The molecule has 0 aliphatic carbocycles. The van der Waals surface area contributed by atoms with Crippen molar-refractivity contribution in [1.29, 1.82) is 0 Å². The van der Waals surface area contributed by atoms with Gasteiger partial charge in [0, 0.05) is 6.42 Å². The van der Waals surface area contributed by atoms with Crippen molar-refractivity contribution in [2.45, 2.75) is 19.8 Å². The first-order valence-electron chi connectivity index (χ1n) is 8.02. The van der Waals surface area contributed by atoms with E-state index >= 15 is 0 Å². The molecule has 0 saturated heterocycles. The van der Waals surface area contributed by atoms with Crippen molar-refractivity contribution in [3.63, 3.8) is 0 Å². The molecule has 0 saturated carbocycles. The summed E-state index contributed by atoms with van der Waals surface area (Å²) in [6, 6.07) is 15.2. The molecule has 2 aromatic rings. The Morgan fingerprint density at radius 1 is 1.21 bits per heavy atom. The second kappa shape index (κ2) is 7.17. The number of hydrogen-bond donors (Lipinski definition) is 1. The second-order valence-electron chi connectivity index (χ2n) is 5.81. The fourth-order valence-electron chi connectivity index (χ4n) is 2.71. The number of para-hydroxylation sites is 2. The van der Waals surface area contributed by atoms with Crippen LogP contribution in [0.4, 0.5) is 11.4 Å². The Morgan fingerprint density at radius 3 is 2.88 bits per heavy atom. The number of carbonyl (C=O) groups is 2. The number of hydrogen-bond acceptors (Lipinski definition) is 3. The molecule has 5 nitrogen and oxygen atoms in total. The SMILES string of the molecule is Cc1cccc(OCCCC(=O)N2CC(=O)Nc3ccccc32)c1. The summed E-state index contributed by atoms with van der Waals surface area (Å²) in [5.74, 6) is 0.577. The standard InChI is InChI=1S/C19H20N2O3/c1-14-6-4-7-15(12-14)24-11-5-10-19(23)21-13-18(22)20-16-8-2-3-9-17(16)21/h2-4,6-9,12H,5,10-11,13H2,1H3,(H,20,22). The molecule has 2 amide bonds. The average Bonchev–Trinajstić information content (AvgIpc) is 2.58. The number of nitrogens with one attached hydrogen (secondary N) is 1. The van der Waals surface area contributed by atoms with Crippen LogP contribution in [0.25, 0.3) is 0 Å². The van der Waals surface area contributed by atoms with Crippen molar-refractivity contribution in [2.24, 2.45) is 0 Å². The van der Waals surface area contributed by atoms with Crippen LogP contribution in [0.5, 0.6) is 5.75 Å². The van der Waals surface area contributed by atoms with Crippen LogP contribution < -0.4 is 15.0 Å². The van der Waals surface area contributed by atoms with Gasteiger partial charge in [-0.3, -0.25) is 9.59 Å². The highest BCUT2D eigenvalue weighted by atomic mass is 16.5. The average molecular weight is 324 g/mol. The number of aryl methyl sites for hydroxylation is 1. The molecular weight excluding hydrogens is 304 g/mol. The highest BCUT2D eigenvalue weighted by Gasteiger charge is 2.25. The summed E-state index contributed by atoms with van der Waals surface area (Å²) in [5.41, 5.74) is 2.57. The topological polar surface area (TPSA) is 58.6 Å². The van der Waals surface area contributed by atoms with E-state index in [4.69, 9.17) is 4.74 Å². The summed E-state index contributed by atoms with van der Waals surface area (Å²) in [6.45, 7) is 2.54. The van der Waals surface area contributed by atoms with Crippen LogP contribution in [-0.4, -0.2) is 25.0 Å². The lowest BCUT2D eigenvalue weighted by Crippen LogP contribution is -2.42. The third-order valence-corrected chi connectivity index (χ3v) is 3.86. The molecule has 1 aliphatic heterocycles. The monoisotopic (exact) mass is 324 g/mol. The molecule has 1 N–H and O–H groups in total. The smallest absolute Gasteiger partial charge is 0.244 e. The summed E-state index contributed by atoms with van der Waals surface area (Å²) in [4.78, 5) is 25.8. The molecule has 0 spiro atoms. The zero-order valence-corrected chi connectivity index (χ0v) is 13.6. The Hall–Kier alpha value is -2.82. The van der Waals surface area contributed by atoms with Crippen molar-refractivity contribution >= 4 is 23.2 Å². The van der Waals surface area contributed by atoms with Gasteiger partial charge >= 0.3 is 0 Å². The van der Waals surface area contributed by atoms with E-state index in [-0.39, 0.29) is 18.4 Å². The Labute approximate surface area is 141 Å². The number of anilines is 2. The van der Waals surface area contributed by atoms with Crippen molar-refractivity contribution in [3.05, 3.63) is 54.1 Å². The number of carbonyl (C=O) groups excluding carboxylic acids is 2. The zero-order valence-electron chi connectivity index (χ0n) is 13.6. The van der Waals surface area contributed by atoms with Crippen molar-refractivity contribution < 1.29 is 14.3 Å². The van der Waals surface area contributed by atoms with Crippen LogP contribution in [0.2, 0.25) is 0 Å². The molecular formula is C19H20N2O3. The van der Waals surface area contributed by atoms with Crippen molar-refractivity contribution in [2.75, 3.05) is 23.4 Å². The van der Waals surface area contributed by atoms with Gasteiger partial charge in [0.05, 0.1) is 18.0 Å². The van der Waals surface area contributed by atoms with Crippen molar-refractivity contribution in [3.8, 4) is 5.75 Å². The molecule has 124 valence electrons. The summed E-state index contributed by atoms with van der Waals surface area (Å²) in [7, 11) is 0. The van der Waals surface area contributed by atoms with Crippen LogP contribution >= 0.6 is 0 Å². The van der Waals surface area contributed by atoms with E-state index in [9.17, 15) is 9.59 Å². The van der Waals surface area contributed by atoms with Gasteiger partial charge in [-0.2, -0.15) is 0 Å². The normalized spacial score (nSPS) is 13.2. The highest BCUT2D eigenvalue weighted by Crippen LogP contribution is 2.29. The second-order valence-corrected chi connectivity index (χ2v) is 5.81. The molecule has 0 aromatic heterocycles. The van der Waals surface area contributed by atoms with Gasteiger partial charge in [0.2, 0.25) is 11.8 Å². The van der Waals surface area contributed by atoms with Gasteiger partial charge in [0.15, 0.2) is 0 Å². The number of nitrogens with zero attached hydrogens (tertiary/aromatic N) is 1. The van der Waals surface area contributed by atoms with Crippen LogP contribution in [0, 0.1) is 6.92 Å². The lowest BCUT2D eigenvalue weighted by molar-refractivity contribution is -0.122. The minimum Gasteiger partial charge on any atom is -0.494 e. The van der Waals surface area contributed by atoms with Gasteiger partial charge in [-0.25, -0.2) is 0 Å². The molecule has 1 aliphatic rings. The number of benzene rings is 2. The molecule has 3 rings (SSSR count). The third kappa shape index (κ3) is 3.74. The van der Waals surface area contributed by atoms with E-state index in [2.05, 4.69) is 5.32 Å². The van der Waals surface area contributed by atoms with E-state index in [1.165, 1.54) is 0 Å². The fraction of sp³-hybridized carbons (Fsp3) is 0.263. The van der Waals surface area contributed by atoms with E-state index < -0.39 is 0 Å². The molecule has 0 bridgehead atoms. The first-order chi connectivity index (χ1) is 11.6. The van der Waals surface area contributed by atoms with Gasteiger partial charge < -0.3 is 15.0 Å². The predicted octanol–water partition coefficient (Wildman–Crippen LogP) is 3.14. The van der Waals surface area contributed by atoms with Crippen LogP contribution in [0.3, 0.4) is 0 Å². The molecule has 5 heteroatoms. The molecule has 0 atom stereocenters. The first kappa shape index (κ1) is 16.1. The summed E-state index contributed by atoms with van der Waals surface area (Å²) in [5, 5.41) is 2.78. The van der Waals surface area contributed by atoms with Crippen LogP contribution in [0.15, 0.2) is 48.5 Å². The maximum Gasteiger partial charge on any atom is 0.244 e. The summed E-state index contributed by atoms with van der Waals surface area (Å²) in [6.07, 6.45) is 0.945. The first-order valence-corrected chi connectivity index (χ1v) is 8.02. The van der Waals surface area contributed by atoms with E-state index in [1.807, 2.05) is 49.4 Å². The number of ether oxygens (including phenoxy) is 1. The lowest BCUT2D eigenvalue weighted by atomic mass is 10.1. The van der Waals surface area contributed by atoms with E-state index in [0.717, 1.165) is 17.0 Å². The molecule has 1 heterocycles. The fourth-order valence-corrected chi connectivity index (χ4v) is 2.71. The van der Waals surface area contributed by atoms with Gasteiger partial charge in [-0.15, -0.1) is 0 Å². The van der Waals surface area contributed by atoms with Crippen LogP contribution in [-0.2, 0) is 9.59 Å². The van der Waals surface area contributed by atoms with E-state index in [0.29, 0.717) is 25.1 Å². The summed E-state index contributed by atoms with van der Waals surface area (Å²) < 4.78 is 5.67. The Kier molecular flexibility index (Phi) is 4.79. The van der Waals surface area contributed by atoms with Crippen LogP contribution in [0.1, 0.15) is 18.4 Å². The number of rotatable bonds is 5. The number of fused-ring (bicyclic) bond motifs is 1. The van der Waals surface area contributed by atoms with Gasteiger partial charge in [0.1, 0.15) is 12.3 Å². The lowest BCUT2D eigenvalue weighted by Gasteiger charge is -2.29. The van der Waals surface area contributed by atoms with Gasteiger partial charge in [-0.05, 0) is 43.2 Å².